The van der Waals surface area contributed by atoms with Crippen molar-refractivity contribution in [3.8, 4) is 17.2 Å². The van der Waals surface area contributed by atoms with Crippen molar-refractivity contribution >= 4 is 21.8 Å². The number of aliphatic hydroxyl groups excluding tert-OH is 1. The van der Waals surface area contributed by atoms with Crippen molar-refractivity contribution in [3.05, 3.63) is 86.9 Å². The molecule has 0 spiro atoms. The molecule has 0 fully saturated rings. The molecule has 1 aliphatic heterocycles. The van der Waals surface area contributed by atoms with Crippen LogP contribution in [0.5, 0.6) is 17.2 Å². The van der Waals surface area contributed by atoms with Gasteiger partial charge in [0.05, 0.1) is 44.5 Å². The summed E-state index contributed by atoms with van der Waals surface area (Å²) in [5, 5.41) is 13.8. The molecule has 3 atom stereocenters. The highest BCUT2D eigenvalue weighted by atomic mass is 79.9. The summed E-state index contributed by atoms with van der Waals surface area (Å²) >= 11 is 3.61. The van der Waals surface area contributed by atoms with Crippen LogP contribution >= 0.6 is 15.9 Å². The van der Waals surface area contributed by atoms with E-state index in [0.717, 1.165) is 45.4 Å². The van der Waals surface area contributed by atoms with Gasteiger partial charge < -0.3 is 24.6 Å². The van der Waals surface area contributed by atoms with E-state index in [1.165, 1.54) is 5.56 Å². The van der Waals surface area contributed by atoms with Crippen molar-refractivity contribution in [2.75, 3.05) is 34.4 Å². The van der Waals surface area contributed by atoms with Crippen LogP contribution in [-0.2, 0) is 24.1 Å². The molecule has 0 radical (unpaired) electrons. The zero-order valence-corrected chi connectivity index (χ0v) is 23.5. The number of benzene rings is 3. The molecule has 2 aliphatic rings. The zero-order chi connectivity index (χ0) is 26.8. The average Bonchev–Trinajstić information content (AvgIpc) is 3.23. The van der Waals surface area contributed by atoms with Gasteiger partial charge in [0.25, 0.3) is 0 Å². The minimum absolute atomic E-state index is 0.0506. The number of methoxy groups -OCH3 is 3. The number of hydrogen-bond donors (Lipinski definition) is 2. The van der Waals surface area contributed by atoms with Crippen molar-refractivity contribution in [1.29, 1.82) is 0 Å². The highest BCUT2D eigenvalue weighted by Gasteiger charge is 2.34. The maximum Gasteiger partial charge on any atom is 0.234 e. The smallest absolute Gasteiger partial charge is 0.234 e. The second kappa shape index (κ2) is 11.4. The summed E-state index contributed by atoms with van der Waals surface area (Å²) in [5.74, 6) is 2.05. The Hall–Kier alpha value is -3.07. The van der Waals surface area contributed by atoms with E-state index in [1.54, 1.807) is 21.3 Å². The van der Waals surface area contributed by atoms with Crippen LogP contribution in [0.25, 0.3) is 0 Å². The number of hydrogen-bond acceptors (Lipinski definition) is 6. The lowest BCUT2D eigenvalue weighted by molar-refractivity contribution is -0.124. The van der Waals surface area contributed by atoms with Crippen LogP contribution in [0.3, 0.4) is 0 Å². The summed E-state index contributed by atoms with van der Waals surface area (Å²) in [6.45, 7) is 0.947. The molecule has 7 nitrogen and oxygen atoms in total. The molecule has 1 aliphatic carbocycles. The third-order valence-electron chi connectivity index (χ3n) is 7.63. The van der Waals surface area contributed by atoms with Crippen LogP contribution in [0.15, 0.2) is 59.1 Å². The fourth-order valence-corrected chi connectivity index (χ4v) is 6.31. The Morgan fingerprint density at radius 2 is 1.71 bits per heavy atom. The van der Waals surface area contributed by atoms with E-state index < -0.39 is 12.1 Å². The van der Waals surface area contributed by atoms with Gasteiger partial charge in [0.2, 0.25) is 5.91 Å². The molecule has 3 aromatic rings. The first-order valence-electron chi connectivity index (χ1n) is 12.8. The maximum atomic E-state index is 13.4. The highest BCUT2D eigenvalue weighted by molar-refractivity contribution is 9.10. The van der Waals surface area contributed by atoms with Gasteiger partial charge in [0.1, 0.15) is 5.75 Å². The van der Waals surface area contributed by atoms with Gasteiger partial charge in [-0.3, -0.25) is 9.69 Å². The summed E-state index contributed by atoms with van der Waals surface area (Å²) in [5.41, 5.74) is 5.52. The third-order valence-corrected chi connectivity index (χ3v) is 8.25. The van der Waals surface area contributed by atoms with Gasteiger partial charge in [-0.1, -0.05) is 30.3 Å². The molecule has 38 heavy (non-hydrogen) atoms. The van der Waals surface area contributed by atoms with Gasteiger partial charge >= 0.3 is 0 Å². The van der Waals surface area contributed by atoms with Gasteiger partial charge in [-0.25, -0.2) is 0 Å². The Balaban J connectivity index is 1.42. The first kappa shape index (κ1) is 26.5. The Labute approximate surface area is 231 Å². The normalized spacial score (nSPS) is 20.4. The summed E-state index contributed by atoms with van der Waals surface area (Å²) in [6.07, 6.45) is 1.42. The van der Waals surface area contributed by atoms with Gasteiger partial charge in [0, 0.05) is 19.0 Å². The average molecular weight is 582 g/mol. The zero-order valence-electron chi connectivity index (χ0n) is 21.9. The Morgan fingerprint density at radius 3 is 2.45 bits per heavy atom. The van der Waals surface area contributed by atoms with Gasteiger partial charge in [0.15, 0.2) is 11.5 Å². The standard InChI is InChI=1S/C30H33BrN2O5/c1-36-26-9-8-18(12-23(26)31)13-24-22-16-28(38-3)27(37-2)15-20(22)10-11-33(24)17-29(35)32-30-21-7-5-4-6-19(21)14-25(30)34/h4-9,12,15-16,24-25,30,34H,10-11,13-14,17H2,1-3H3,(H,32,35)/t24?,25-,30+/m0/s1. The molecular formula is C30H33BrN2O5. The van der Waals surface area contributed by atoms with E-state index in [9.17, 15) is 9.90 Å². The molecule has 0 saturated heterocycles. The lowest BCUT2D eigenvalue weighted by atomic mass is 9.88. The summed E-state index contributed by atoms with van der Waals surface area (Å²) < 4.78 is 17.5. The van der Waals surface area contributed by atoms with E-state index >= 15 is 0 Å². The van der Waals surface area contributed by atoms with Crippen molar-refractivity contribution in [2.24, 2.45) is 0 Å². The fraction of sp³-hybridized carbons (Fsp3) is 0.367. The molecular weight excluding hydrogens is 548 g/mol. The van der Waals surface area contributed by atoms with Gasteiger partial charge in [-0.2, -0.15) is 0 Å². The number of halogens is 1. The summed E-state index contributed by atoms with van der Waals surface area (Å²) in [4.78, 5) is 15.6. The topological polar surface area (TPSA) is 80.3 Å². The second-order valence-corrected chi connectivity index (χ2v) is 10.7. The molecule has 0 aromatic heterocycles. The van der Waals surface area contributed by atoms with E-state index in [0.29, 0.717) is 24.3 Å². The molecule has 0 bridgehead atoms. The first-order chi connectivity index (χ1) is 18.4. The molecule has 8 heteroatoms. The molecule has 200 valence electrons. The number of amides is 1. The van der Waals surface area contributed by atoms with E-state index in [2.05, 4.69) is 38.3 Å². The van der Waals surface area contributed by atoms with Crippen LogP contribution < -0.4 is 19.5 Å². The minimum atomic E-state index is -0.623. The van der Waals surface area contributed by atoms with Crippen molar-refractivity contribution in [1.82, 2.24) is 10.2 Å². The predicted octanol–water partition coefficient (Wildman–Crippen LogP) is 4.39. The predicted molar refractivity (Wildman–Crippen MR) is 149 cm³/mol. The van der Waals surface area contributed by atoms with Gasteiger partial charge in [-0.05, 0) is 80.9 Å². The Bertz CT molecular complexity index is 1330. The van der Waals surface area contributed by atoms with Crippen LogP contribution in [0.2, 0.25) is 0 Å². The molecule has 2 N–H and O–H groups in total. The van der Waals surface area contributed by atoms with Gasteiger partial charge in [-0.15, -0.1) is 0 Å². The fourth-order valence-electron chi connectivity index (χ4n) is 5.72. The van der Waals surface area contributed by atoms with Crippen LogP contribution in [0.1, 0.15) is 39.9 Å². The van der Waals surface area contributed by atoms with Crippen LogP contribution in [0.4, 0.5) is 0 Å². The highest BCUT2D eigenvalue weighted by Crippen LogP contribution is 2.40. The monoisotopic (exact) mass is 580 g/mol. The quantitative estimate of drug-likeness (QED) is 0.411. The molecule has 3 aromatic carbocycles. The lowest BCUT2D eigenvalue weighted by Gasteiger charge is -2.38. The Kier molecular flexibility index (Phi) is 7.93. The second-order valence-electron chi connectivity index (χ2n) is 9.83. The number of aliphatic hydroxyl groups is 1. The number of rotatable bonds is 8. The molecule has 0 saturated carbocycles. The molecule has 1 amide bonds. The van der Waals surface area contributed by atoms with Crippen molar-refractivity contribution in [3.63, 3.8) is 0 Å². The first-order valence-corrected chi connectivity index (χ1v) is 13.6. The van der Waals surface area contributed by atoms with Crippen molar-refractivity contribution in [2.45, 2.75) is 37.5 Å². The molecule has 5 rings (SSSR count). The number of fused-ring (bicyclic) bond motifs is 2. The summed E-state index contributed by atoms with van der Waals surface area (Å²) in [6, 6.07) is 17.6. The molecule has 1 heterocycles. The molecule has 1 unspecified atom stereocenters. The van der Waals surface area contributed by atoms with Crippen molar-refractivity contribution < 1.29 is 24.1 Å². The number of nitrogens with one attached hydrogen (secondary N) is 1. The third kappa shape index (κ3) is 5.25. The number of carbonyl (C=O) groups is 1. The largest absolute Gasteiger partial charge is 0.496 e. The number of ether oxygens (including phenoxy) is 3. The minimum Gasteiger partial charge on any atom is -0.496 e. The Morgan fingerprint density at radius 1 is 0.974 bits per heavy atom. The van der Waals surface area contributed by atoms with Crippen LogP contribution in [-0.4, -0.2) is 56.4 Å². The van der Waals surface area contributed by atoms with E-state index in [4.69, 9.17) is 14.2 Å². The number of carbonyl (C=O) groups excluding carboxylic acids is 1. The number of nitrogens with zero attached hydrogens (tertiary/aromatic N) is 1. The SMILES string of the molecule is COc1ccc(CC2c3cc(OC)c(OC)cc3CCN2CC(=O)N[C@@H]2c3ccccc3C[C@@H]2O)cc1Br. The lowest BCUT2D eigenvalue weighted by Crippen LogP contribution is -2.45. The summed E-state index contributed by atoms with van der Waals surface area (Å²) in [7, 11) is 4.93. The van der Waals surface area contributed by atoms with Crippen LogP contribution in [0, 0.1) is 0 Å². The van der Waals surface area contributed by atoms with E-state index in [-0.39, 0.29) is 18.5 Å². The maximum absolute atomic E-state index is 13.4. The van der Waals surface area contributed by atoms with E-state index in [1.807, 2.05) is 42.5 Å².